The van der Waals surface area contributed by atoms with Crippen molar-refractivity contribution in [3.63, 3.8) is 0 Å². The number of benzene rings is 3. The number of anilines is 1. The second-order valence-electron chi connectivity index (χ2n) is 10.2. The van der Waals surface area contributed by atoms with Gasteiger partial charge in [-0.05, 0) is 53.9 Å². The number of nitrogens with zero attached hydrogens (tertiary/aromatic N) is 3. The fraction of sp³-hybridized carbons (Fsp3) is 0.121. The maximum Gasteiger partial charge on any atom is 0.266 e. The molecule has 1 amide bonds. The number of amides is 1. The maximum atomic E-state index is 13.7. The summed E-state index contributed by atoms with van der Waals surface area (Å²) in [6.45, 7) is 2.75. The molecule has 0 radical (unpaired) electrons. The Hall–Kier alpha value is -3.73. The van der Waals surface area contributed by atoms with E-state index in [2.05, 4.69) is 64.8 Å². The van der Waals surface area contributed by atoms with Crippen LogP contribution in [0.25, 0.3) is 40.9 Å². The number of hydrogen-bond acceptors (Lipinski definition) is 8. The van der Waals surface area contributed by atoms with Crippen molar-refractivity contribution >= 4 is 76.7 Å². The molecule has 0 aliphatic carbocycles. The molecule has 4 aromatic heterocycles. The SMILES string of the molecule is O=C(Nc1sc2c(c1-c1nc3ccccc3s1)CCN(Cc1ccccc1)C2)c1ccc(-c2nc3ccccc3s2)s1. The average Bonchev–Trinajstić information content (AvgIpc) is 3.81. The highest BCUT2D eigenvalue weighted by Crippen LogP contribution is 2.46. The van der Waals surface area contributed by atoms with Gasteiger partial charge in [0, 0.05) is 30.1 Å². The molecule has 42 heavy (non-hydrogen) atoms. The normalized spacial score (nSPS) is 13.5. The molecule has 0 saturated carbocycles. The lowest BCUT2D eigenvalue weighted by molar-refractivity contribution is 0.103. The zero-order valence-electron chi connectivity index (χ0n) is 22.4. The number of carbonyl (C=O) groups excluding carboxylic acids is 1. The quantitative estimate of drug-likeness (QED) is 0.201. The number of aromatic nitrogens is 2. The summed E-state index contributed by atoms with van der Waals surface area (Å²) in [6, 6.07) is 30.9. The van der Waals surface area contributed by atoms with E-state index in [1.807, 2.05) is 36.4 Å². The van der Waals surface area contributed by atoms with Gasteiger partial charge in [-0.2, -0.15) is 0 Å². The number of hydrogen-bond donors (Lipinski definition) is 1. The molecule has 0 atom stereocenters. The van der Waals surface area contributed by atoms with E-state index < -0.39 is 0 Å². The molecule has 1 aliphatic heterocycles. The van der Waals surface area contributed by atoms with E-state index in [0.717, 1.165) is 71.9 Å². The minimum atomic E-state index is -0.0885. The van der Waals surface area contributed by atoms with Gasteiger partial charge in [0.05, 0.1) is 30.2 Å². The first-order valence-corrected chi connectivity index (χ1v) is 17.0. The number of carbonyl (C=O) groups is 1. The molecule has 5 nitrogen and oxygen atoms in total. The van der Waals surface area contributed by atoms with Crippen molar-refractivity contribution in [3.8, 4) is 20.5 Å². The number of para-hydroxylation sites is 2. The number of thiazole rings is 2. The highest BCUT2D eigenvalue weighted by atomic mass is 32.1. The highest BCUT2D eigenvalue weighted by molar-refractivity contribution is 7.26. The molecule has 0 bridgehead atoms. The van der Waals surface area contributed by atoms with E-state index in [1.165, 1.54) is 27.3 Å². The molecular formula is C33H24N4OS4. The van der Waals surface area contributed by atoms with Crippen LogP contribution in [0.3, 0.4) is 0 Å². The molecule has 0 unspecified atom stereocenters. The van der Waals surface area contributed by atoms with Gasteiger partial charge in [0.25, 0.3) is 5.91 Å². The van der Waals surface area contributed by atoms with Gasteiger partial charge in [0.1, 0.15) is 15.0 Å². The van der Waals surface area contributed by atoms with Crippen LogP contribution >= 0.6 is 45.3 Å². The summed E-state index contributed by atoms with van der Waals surface area (Å²) < 4.78 is 2.31. The molecule has 206 valence electrons. The Balaban J connectivity index is 1.12. The first-order valence-electron chi connectivity index (χ1n) is 13.7. The number of thiophene rings is 2. The first kappa shape index (κ1) is 25.9. The van der Waals surface area contributed by atoms with Crippen molar-refractivity contribution in [2.24, 2.45) is 0 Å². The monoisotopic (exact) mass is 620 g/mol. The Morgan fingerprint density at radius 3 is 2.21 bits per heavy atom. The van der Waals surface area contributed by atoms with Gasteiger partial charge < -0.3 is 5.32 Å². The van der Waals surface area contributed by atoms with E-state index in [9.17, 15) is 4.79 Å². The van der Waals surface area contributed by atoms with Crippen LogP contribution in [0.1, 0.15) is 25.7 Å². The maximum absolute atomic E-state index is 13.7. The Labute approximate surface area is 258 Å². The minimum absolute atomic E-state index is 0.0885. The van der Waals surface area contributed by atoms with Crippen molar-refractivity contribution in [2.45, 2.75) is 19.5 Å². The number of fused-ring (bicyclic) bond motifs is 3. The standard InChI is InChI=1S/C33H24N4OS4/c38-30(26-14-15-27(39-26)31-34-22-10-4-6-12-24(22)40-31)36-33-29(32-35-23-11-5-7-13-25(23)41-32)21-16-17-37(19-28(21)42-33)18-20-8-2-1-3-9-20/h1-15H,16-19H2,(H,36,38). The average molecular weight is 621 g/mol. The van der Waals surface area contributed by atoms with Crippen LogP contribution in [-0.4, -0.2) is 27.3 Å². The molecule has 5 heterocycles. The molecule has 0 saturated heterocycles. The van der Waals surface area contributed by atoms with Gasteiger partial charge in [0.2, 0.25) is 0 Å². The second kappa shape index (κ2) is 10.8. The molecular weight excluding hydrogens is 597 g/mol. The largest absolute Gasteiger partial charge is 0.312 e. The minimum Gasteiger partial charge on any atom is -0.312 e. The van der Waals surface area contributed by atoms with Gasteiger partial charge >= 0.3 is 0 Å². The molecule has 0 spiro atoms. The molecule has 1 N–H and O–H groups in total. The number of nitrogens with one attached hydrogen (secondary N) is 1. The van der Waals surface area contributed by atoms with Gasteiger partial charge in [-0.3, -0.25) is 9.69 Å². The Bertz CT molecular complexity index is 2000. The lowest BCUT2D eigenvalue weighted by Crippen LogP contribution is -2.29. The summed E-state index contributed by atoms with van der Waals surface area (Å²) in [5.41, 5.74) is 5.71. The van der Waals surface area contributed by atoms with Crippen molar-refractivity contribution in [1.29, 1.82) is 0 Å². The smallest absolute Gasteiger partial charge is 0.266 e. The third-order valence-electron chi connectivity index (χ3n) is 7.45. The molecule has 7 aromatic rings. The zero-order valence-corrected chi connectivity index (χ0v) is 25.6. The molecule has 0 fully saturated rings. The van der Waals surface area contributed by atoms with Crippen LogP contribution in [0.2, 0.25) is 0 Å². The lowest BCUT2D eigenvalue weighted by atomic mass is 10.0. The predicted molar refractivity (Wildman–Crippen MR) is 178 cm³/mol. The zero-order chi connectivity index (χ0) is 28.0. The topological polar surface area (TPSA) is 58.1 Å². The van der Waals surface area contributed by atoms with Crippen LogP contribution in [0.4, 0.5) is 5.00 Å². The molecule has 9 heteroatoms. The van der Waals surface area contributed by atoms with Crippen LogP contribution in [0, 0.1) is 0 Å². The van der Waals surface area contributed by atoms with Crippen molar-refractivity contribution in [2.75, 3.05) is 11.9 Å². The van der Waals surface area contributed by atoms with Crippen molar-refractivity contribution in [1.82, 2.24) is 14.9 Å². The third kappa shape index (κ3) is 4.87. The Morgan fingerprint density at radius 2 is 1.45 bits per heavy atom. The van der Waals surface area contributed by atoms with E-state index >= 15 is 0 Å². The fourth-order valence-electron chi connectivity index (χ4n) is 5.44. The van der Waals surface area contributed by atoms with Crippen LogP contribution in [0.15, 0.2) is 91.0 Å². The van der Waals surface area contributed by atoms with Crippen LogP contribution in [0.5, 0.6) is 0 Å². The van der Waals surface area contributed by atoms with Crippen molar-refractivity contribution in [3.05, 3.63) is 112 Å². The van der Waals surface area contributed by atoms with Gasteiger partial charge in [-0.15, -0.1) is 45.3 Å². The molecule has 8 rings (SSSR count). The highest BCUT2D eigenvalue weighted by Gasteiger charge is 2.28. The summed E-state index contributed by atoms with van der Waals surface area (Å²) in [5, 5.41) is 6.11. The first-order chi connectivity index (χ1) is 20.7. The Kier molecular flexibility index (Phi) is 6.69. The van der Waals surface area contributed by atoms with E-state index in [1.54, 1.807) is 34.0 Å². The van der Waals surface area contributed by atoms with Gasteiger partial charge in [-0.25, -0.2) is 9.97 Å². The van der Waals surface area contributed by atoms with E-state index in [-0.39, 0.29) is 5.91 Å². The molecule has 3 aromatic carbocycles. The summed E-state index contributed by atoms with van der Waals surface area (Å²) in [7, 11) is 0. The third-order valence-corrected chi connectivity index (χ3v) is 11.9. The summed E-state index contributed by atoms with van der Waals surface area (Å²) in [4.78, 5) is 28.9. The van der Waals surface area contributed by atoms with Crippen LogP contribution in [-0.2, 0) is 19.5 Å². The Morgan fingerprint density at radius 1 is 0.762 bits per heavy atom. The molecule has 1 aliphatic rings. The van der Waals surface area contributed by atoms with Crippen molar-refractivity contribution < 1.29 is 4.79 Å². The van der Waals surface area contributed by atoms with E-state index in [0.29, 0.717) is 4.88 Å². The van der Waals surface area contributed by atoms with E-state index in [4.69, 9.17) is 9.97 Å². The summed E-state index contributed by atoms with van der Waals surface area (Å²) >= 11 is 6.54. The van der Waals surface area contributed by atoms with Gasteiger partial charge in [0.15, 0.2) is 0 Å². The predicted octanol–water partition coefficient (Wildman–Crippen LogP) is 9.17. The summed E-state index contributed by atoms with van der Waals surface area (Å²) in [5.74, 6) is -0.0885. The fourth-order valence-corrected chi connectivity index (χ4v) is 9.76. The number of rotatable bonds is 6. The van der Waals surface area contributed by atoms with Gasteiger partial charge in [-0.1, -0.05) is 54.6 Å². The van der Waals surface area contributed by atoms with Crippen LogP contribution < -0.4 is 5.32 Å². The lowest BCUT2D eigenvalue weighted by Gasteiger charge is -2.27. The second-order valence-corrected chi connectivity index (χ2v) is 14.5. The summed E-state index contributed by atoms with van der Waals surface area (Å²) in [6.07, 6.45) is 0.931.